The van der Waals surface area contributed by atoms with Crippen molar-refractivity contribution in [2.75, 3.05) is 18.4 Å². The minimum absolute atomic E-state index is 0. The maximum atomic E-state index is 6.14. The van der Waals surface area contributed by atoms with Crippen molar-refractivity contribution in [3.05, 3.63) is 82.3 Å². The Morgan fingerprint density at radius 2 is 1.78 bits per heavy atom. The molecule has 1 aromatic heterocycles. The summed E-state index contributed by atoms with van der Waals surface area (Å²) in [6.45, 7) is 1.89. The topological polar surface area (TPSA) is 49.8 Å². The van der Waals surface area contributed by atoms with Gasteiger partial charge in [0.2, 0.25) is 0 Å². The van der Waals surface area contributed by atoms with E-state index in [0.717, 1.165) is 55.4 Å². The summed E-state index contributed by atoms with van der Waals surface area (Å²) in [6.07, 6.45) is 2.57. The van der Waals surface area contributed by atoms with E-state index in [0.29, 0.717) is 5.02 Å². The number of aromatic nitrogens is 2. The molecular formula is C21H22Cl2N4. The van der Waals surface area contributed by atoms with E-state index in [9.17, 15) is 0 Å². The van der Waals surface area contributed by atoms with Crippen LogP contribution < -0.4 is 10.6 Å². The van der Waals surface area contributed by atoms with E-state index in [1.54, 1.807) is 0 Å². The van der Waals surface area contributed by atoms with Gasteiger partial charge in [0, 0.05) is 35.7 Å². The van der Waals surface area contributed by atoms with E-state index in [1.807, 2.05) is 42.5 Å². The minimum atomic E-state index is 0. The first-order valence-corrected chi connectivity index (χ1v) is 9.31. The molecule has 0 radical (unpaired) electrons. The Kier molecular flexibility index (Phi) is 6.67. The molecule has 2 aromatic carbocycles. The van der Waals surface area contributed by atoms with E-state index in [4.69, 9.17) is 21.6 Å². The first-order chi connectivity index (χ1) is 12.8. The number of nitrogens with zero attached hydrogens (tertiary/aromatic N) is 2. The summed E-state index contributed by atoms with van der Waals surface area (Å²) in [6, 6.07) is 18.1. The SMILES string of the molecule is Cl.Clc1cccc(Nc2nc(Cc3ccccc3)nc3c2CCNCC3)c1. The van der Waals surface area contributed by atoms with E-state index in [2.05, 4.69) is 22.8 Å². The van der Waals surface area contributed by atoms with Crippen molar-refractivity contribution in [1.82, 2.24) is 15.3 Å². The first kappa shape index (κ1) is 19.6. The minimum Gasteiger partial charge on any atom is -0.340 e. The van der Waals surface area contributed by atoms with Gasteiger partial charge in [-0.2, -0.15) is 0 Å². The van der Waals surface area contributed by atoms with Gasteiger partial charge in [0.15, 0.2) is 0 Å². The molecule has 1 aliphatic rings. The zero-order chi connectivity index (χ0) is 17.8. The number of nitrogens with one attached hydrogen (secondary N) is 2. The zero-order valence-electron chi connectivity index (χ0n) is 14.9. The van der Waals surface area contributed by atoms with Crippen LogP contribution >= 0.6 is 24.0 Å². The average Bonchev–Trinajstić information content (AvgIpc) is 2.88. The second-order valence-electron chi connectivity index (χ2n) is 6.46. The molecule has 0 fully saturated rings. The van der Waals surface area contributed by atoms with Crippen molar-refractivity contribution in [2.45, 2.75) is 19.3 Å². The van der Waals surface area contributed by atoms with E-state index in [-0.39, 0.29) is 12.4 Å². The fourth-order valence-electron chi connectivity index (χ4n) is 3.26. The number of anilines is 2. The van der Waals surface area contributed by atoms with Crippen LogP contribution in [0.3, 0.4) is 0 Å². The normalized spacial score (nSPS) is 13.2. The maximum Gasteiger partial charge on any atom is 0.137 e. The fraction of sp³-hybridized carbons (Fsp3) is 0.238. The summed E-state index contributed by atoms with van der Waals surface area (Å²) in [4.78, 5) is 9.73. The molecule has 27 heavy (non-hydrogen) atoms. The third-order valence-corrected chi connectivity index (χ3v) is 4.76. The van der Waals surface area contributed by atoms with Gasteiger partial charge >= 0.3 is 0 Å². The highest BCUT2D eigenvalue weighted by Crippen LogP contribution is 2.25. The van der Waals surface area contributed by atoms with Crippen molar-refractivity contribution in [2.24, 2.45) is 0 Å². The van der Waals surface area contributed by atoms with Crippen molar-refractivity contribution < 1.29 is 0 Å². The van der Waals surface area contributed by atoms with Gasteiger partial charge in [-0.3, -0.25) is 0 Å². The van der Waals surface area contributed by atoms with Crippen molar-refractivity contribution in [3.63, 3.8) is 0 Å². The van der Waals surface area contributed by atoms with Crippen LogP contribution in [0.15, 0.2) is 54.6 Å². The molecule has 4 nitrogen and oxygen atoms in total. The summed E-state index contributed by atoms with van der Waals surface area (Å²) in [5, 5.41) is 7.62. The Labute approximate surface area is 170 Å². The lowest BCUT2D eigenvalue weighted by Gasteiger charge is -2.15. The van der Waals surface area contributed by atoms with Gasteiger partial charge in [-0.05, 0) is 36.7 Å². The van der Waals surface area contributed by atoms with Gasteiger partial charge < -0.3 is 10.6 Å². The molecular weight excluding hydrogens is 379 g/mol. The van der Waals surface area contributed by atoms with Crippen molar-refractivity contribution >= 4 is 35.5 Å². The molecule has 6 heteroatoms. The van der Waals surface area contributed by atoms with Gasteiger partial charge in [-0.15, -0.1) is 12.4 Å². The van der Waals surface area contributed by atoms with Gasteiger partial charge in [-0.25, -0.2) is 9.97 Å². The molecule has 0 amide bonds. The molecule has 2 N–H and O–H groups in total. The number of halogens is 2. The van der Waals surface area contributed by atoms with Gasteiger partial charge in [0.1, 0.15) is 11.6 Å². The van der Waals surface area contributed by atoms with Crippen LogP contribution in [0.4, 0.5) is 11.5 Å². The summed E-state index contributed by atoms with van der Waals surface area (Å²) in [5.41, 5.74) is 4.50. The van der Waals surface area contributed by atoms with E-state index < -0.39 is 0 Å². The molecule has 140 valence electrons. The Bertz CT molecular complexity index is 900. The average molecular weight is 401 g/mol. The highest BCUT2D eigenvalue weighted by atomic mass is 35.5. The van der Waals surface area contributed by atoms with Crippen LogP contribution in [0, 0.1) is 0 Å². The van der Waals surface area contributed by atoms with Gasteiger partial charge in [0.05, 0.1) is 5.69 Å². The standard InChI is InChI=1S/C21H21ClN4.ClH/c22-16-7-4-8-17(14-16)24-21-18-9-11-23-12-10-19(18)25-20(26-21)13-15-5-2-1-3-6-15;/h1-8,14,23H,9-13H2,(H,24,25,26);1H. The van der Waals surface area contributed by atoms with Gasteiger partial charge in [0.25, 0.3) is 0 Å². The lowest BCUT2D eigenvalue weighted by molar-refractivity contribution is 0.708. The van der Waals surface area contributed by atoms with Crippen molar-refractivity contribution in [1.29, 1.82) is 0 Å². The Balaban J connectivity index is 0.00000210. The quantitative estimate of drug-likeness (QED) is 0.672. The molecule has 0 bridgehead atoms. The third kappa shape index (κ3) is 4.98. The number of fused-ring (bicyclic) bond motifs is 1. The van der Waals surface area contributed by atoms with Crippen LogP contribution in [-0.2, 0) is 19.3 Å². The smallest absolute Gasteiger partial charge is 0.137 e. The maximum absolute atomic E-state index is 6.14. The largest absolute Gasteiger partial charge is 0.340 e. The Morgan fingerprint density at radius 1 is 0.963 bits per heavy atom. The molecule has 0 spiro atoms. The summed E-state index contributed by atoms with van der Waals surface area (Å²) in [7, 11) is 0. The lowest BCUT2D eigenvalue weighted by atomic mass is 10.1. The molecule has 0 saturated carbocycles. The molecule has 0 unspecified atom stereocenters. The molecule has 0 saturated heterocycles. The fourth-order valence-corrected chi connectivity index (χ4v) is 3.45. The predicted octanol–water partition coefficient (Wildman–Crippen LogP) is 4.57. The van der Waals surface area contributed by atoms with Crippen molar-refractivity contribution in [3.8, 4) is 0 Å². The first-order valence-electron chi connectivity index (χ1n) is 8.94. The molecule has 0 atom stereocenters. The number of hydrogen-bond donors (Lipinski definition) is 2. The van der Waals surface area contributed by atoms with Crippen LogP contribution in [0.5, 0.6) is 0 Å². The summed E-state index contributed by atoms with van der Waals surface area (Å²) in [5.74, 6) is 1.74. The number of rotatable bonds is 4. The van der Waals surface area contributed by atoms with Crippen LogP contribution in [0.25, 0.3) is 0 Å². The molecule has 1 aliphatic heterocycles. The molecule has 4 rings (SSSR count). The van der Waals surface area contributed by atoms with E-state index >= 15 is 0 Å². The molecule has 3 aromatic rings. The Morgan fingerprint density at radius 3 is 2.59 bits per heavy atom. The van der Waals surface area contributed by atoms with Crippen LogP contribution in [0.2, 0.25) is 5.02 Å². The summed E-state index contributed by atoms with van der Waals surface area (Å²) >= 11 is 6.14. The van der Waals surface area contributed by atoms with E-state index in [1.165, 1.54) is 11.1 Å². The number of benzene rings is 2. The third-order valence-electron chi connectivity index (χ3n) is 4.52. The highest BCUT2D eigenvalue weighted by molar-refractivity contribution is 6.30. The zero-order valence-corrected chi connectivity index (χ0v) is 16.5. The monoisotopic (exact) mass is 400 g/mol. The Hall–Kier alpha value is -2.14. The van der Waals surface area contributed by atoms with Crippen LogP contribution in [-0.4, -0.2) is 23.1 Å². The number of hydrogen-bond acceptors (Lipinski definition) is 4. The second kappa shape index (κ2) is 9.18. The van der Waals surface area contributed by atoms with Crippen LogP contribution in [0.1, 0.15) is 22.6 Å². The lowest BCUT2D eigenvalue weighted by Crippen LogP contribution is -2.16. The predicted molar refractivity (Wildman–Crippen MR) is 114 cm³/mol. The molecule has 2 heterocycles. The van der Waals surface area contributed by atoms with Gasteiger partial charge in [-0.1, -0.05) is 48.0 Å². The highest BCUT2D eigenvalue weighted by Gasteiger charge is 2.17. The summed E-state index contributed by atoms with van der Waals surface area (Å²) < 4.78 is 0. The second-order valence-corrected chi connectivity index (χ2v) is 6.90. The molecule has 0 aliphatic carbocycles.